The van der Waals surface area contributed by atoms with Crippen LogP contribution in [0.15, 0.2) is 23.0 Å². The SMILES string of the molecule is CCCCN(C)Cc1cc(O)c2c(c1C(F)(F)F)CC1C[C@H]3CC(=O)C(C(N)=O)=C(O)[C@@]3(O)C(=O)C1=C2O. The van der Waals surface area contributed by atoms with Gasteiger partial charge in [0.1, 0.15) is 22.8 Å². The number of ketones is 2. The summed E-state index contributed by atoms with van der Waals surface area (Å²) in [5.74, 6) is -8.71. The van der Waals surface area contributed by atoms with Gasteiger partial charge in [-0.1, -0.05) is 13.3 Å². The molecule has 1 aromatic carbocycles. The fraction of sp³-hybridized carbons (Fsp3) is 0.500. The molecule has 1 amide bonds. The monoisotopic (exact) mass is 538 g/mol. The van der Waals surface area contributed by atoms with Crippen LogP contribution in [0, 0.1) is 11.8 Å². The highest BCUT2D eigenvalue weighted by molar-refractivity contribution is 6.22. The van der Waals surface area contributed by atoms with Gasteiger partial charge in [-0.05, 0) is 56.0 Å². The third-order valence-corrected chi connectivity index (χ3v) is 7.77. The molecule has 3 atom stereocenters. The Morgan fingerprint density at radius 3 is 2.45 bits per heavy atom. The zero-order valence-corrected chi connectivity index (χ0v) is 20.9. The zero-order valence-electron chi connectivity index (χ0n) is 20.9. The number of nitrogens with zero attached hydrogens (tertiary/aromatic N) is 1. The molecule has 0 aromatic heterocycles. The van der Waals surface area contributed by atoms with Gasteiger partial charge in [-0.2, -0.15) is 13.2 Å². The van der Waals surface area contributed by atoms with Gasteiger partial charge in [-0.3, -0.25) is 14.4 Å². The van der Waals surface area contributed by atoms with Gasteiger partial charge in [0.25, 0.3) is 5.91 Å². The number of phenols is 1. The lowest BCUT2D eigenvalue weighted by Crippen LogP contribution is -2.58. The quantitative estimate of drug-likeness (QED) is 0.346. The normalized spacial score (nSPS) is 25.4. The number of rotatable bonds is 6. The minimum Gasteiger partial charge on any atom is -0.508 e. The number of nitrogens with two attached hydrogens (primary N) is 1. The van der Waals surface area contributed by atoms with Crippen LogP contribution in [0.1, 0.15) is 54.9 Å². The molecule has 1 saturated carbocycles. The van der Waals surface area contributed by atoms with E-state index in [4.69, 9.17) is 5.73 Å². The Labute approximate surface area is 216 Å². The molecular weight excluding hydrogens is 509 g/mol. The number of halogens is 3. The summed E-state index contributed by atoms with van der Waals surface area (Å²) < 4.78 is 43.3. The molecular formula is C26H29F3N2O7. The van der Waals surface area contributed by atoms with Crippen molar-refractivity contribution in [2.75, 3.05) is 13.6 Å². The molecule has 0 heterocycles. The Morgan fingerprint density at radius 1 is 1.21 bits per heavy atom. The van der Waals surface area contributed by atoms with Crippen molar-refractivity contribution in [3.8, 4) is 5.75 Å². The smallest absolute Gasteiger partial charge is 0.417 e. The molecule has 3 aliphatic carbocycles. The molecule has 0 saturated heterocycles. The number of hydrogen-bond donors (Lipinski definition) is 5. The van der Waals surface area contributed by atoms with Crippen molar-refractivity contribution < 1.29 is 48.0 Å². The maximum absolute atomic E-state index is 14.4. The number of aliphatic hydroxyl groups is 3. The number of aliphatic hydroxyl groups excluding tert-OH is 2. The number of hydrogen-bond acceptors (Lipinski definition) is 8. The summed E-state index contributed by atoms with van der Waals surface area (Å²) in [5, 5.41) is 43.6. The number of fused-ring (bicyclic) bond motifs is 3. The van der Waals surface area contributed by atoms with Crippen molar-refractivity contribution in [2.24, 2.45) is 17.6 Å². The average Bonchev–Trinajstić information content (AvgIpc) is 2.78. The molecule has 1 unspecified atom stereocenters. The van der Waals surface area contributed by atoms with Crippen molar-refractivity contribution in [3.05, 3.63) is 45.2 Å². The molecule has 4 rings (SSSR count). The highest BCUT2D eigenvalue weighted by Crippen LogP contribution is 2.54. The summed E-state index contributed by atoms with van der Waals surface area (Å²) in [6.07, 6.45) is -4.47. The Hall–Kier alpha value is -3.38. The number of carbonyl (C=O) groups excluding carboxylic acids is 3. The number of carbonyl (C=O) groups is 3. The average molecular weight is 539 g/mol. The zero-order chi connectivity index (χ0) is 28.3. The number of alkyl halides is 3. The lowest BCUT2D eigenvalue weighted by atomic mass is 9.59. The van der Waals surface area contributed by atoms with Gasteiger partial charge >= 0.3 is 6.18 Å². The molecule has 0 aliphatic heterocycles. The minimum atomic E-state index is -4.85. The first-order chi connectivity index (χ1) is 17.6. The maximum atomic E-state index is 14.4. The molecule has 1 fully saturated rings. The maximum Gasteiger partial charge on any atom is 0.417 e. The number of amides is 1. The van der Waals surface area contributed by atoms with Crippen LogP contribution < -0.4 is 5.73 Å². The van der Waals surface area contributed by atoms with Gasteiger partial charge in [0, 0.05) is 24.5 Å². The topological polar surface area (TPSA) is 161 Å². The molecule has 6 N–H and O–H groups in total. The first-order valence-electron chi connectivity index (χ1n) is 12.2. The summed E-state index contributed by atoms with van der Waals surface area (Å²) in [7, 11) is 1.66. The van der Waals surface area contributed by atoms with E-state index in [-0.39, 0.29) is 24.1 Å². The van der Waals surface area contributed by atoms with E-state index in [1.54, 1.807) is 11.9 Å². The fourth-order valence-electron chi connectivity index (χ4n) is 6.04. The van der Waals surface area contributed by atoms with Crippen LogP contribution in [0.25, 0.3) is 5.76 Å². The second-order valence-electron chi connectivity index (χ2n) is 10.3. The Balaban J connectivity index is 1.90. The second kappa shape index (κ2) is 9.42. The number of phenolic OH excluding ortho intramolecular Hbond substituents is 1. The number of unbranched alkanes of at least 4 members (excludes halogenated alkanes) is 1. The van der Waals surface area contributed by atoms with Crippen molar-refractivity contribution >= 4 is 23.2 Å². The van der Waals surface area contributed by atoms with E-state index >= 15 is 0 Å². The number of Topliss-reactive ketones (excluding diaryl/α,β-unsaturated/α-hetero) is 2. The predicted octanol–water partition coefficient (Wildman–Crippen LogP) is 2.67. The lowest BCUT2D eigenvalue weighted by molar-refractivity contribution is -0.147. The molecule has 0 bridgehead atoms. The van der Waals surface area contributed by atoms with E-state index < -0.39 is 93.5 Å². The lowest BCUT2D eigenvalue weighted by Gasteiger charge is -2.46. The summed E-state index contributed by atoms with van der Waals surface area (Å²) in [4.78, 5) is 39.3. The van der Waals surface area contributed by atoms with E-state index in [1.807, 2.05) is 6.92 Å². The van der Waals surface area contributed by atoms with E-state index in [0.29, 0.717) is 6.54 Å². The number of aromatic hydroxyl groups is 1. The van der Waals surface area contributed by atoms with E-state index in [2.05, 4.69) is 0 Å². The van der Waals surface area contributed by atoms with Gasteiger partial charge < -0.3 is 31.1 Å². The fourth-order valence-corrected chi connectivity index (χ4v) is 6.04. The third kappa shape index (κ3) is 4.15. The summed E-state index contributed by atoms with van der Waals surface area (Å²) >= 11 is 0. The summed E-state index contributed by atoms with van der Waals surface area (Å²) in [5.41, 5.74) is -1.24. The van der Waals surface area contributed by atoms with Gasteiger partial charge in [-0.25, -0.2) is 0 Å². The molecule has 12 heteroatoms. The Morgan fingerprint density at radius 2 is 1.87 bits per heavy atom. The van der Waals surface area contributed by atoms with Crippen molar-refractivity contribution in [2.45, 2.75) is 57.3 Å². The second-order valence-corrected chi connectivity index (χ2v) is 10.3. The summed E-state index contributed by atoms with van der Waals surface area (Å²) in [6.45, 7) is 2.35. The molecule has 1 aromatic rings. The van der Waals surface area contributed by atoms with Crippen LogP contribution >= 0.6 is 0 Å². The standard InChI is InChI=1S/C26H29F3N2O7/c1-3-4-5-31(2)10-12-8-15(32)18-14(20(12)26(27,28)29)7-11-6-13-9-16(33)19(24(30)37)23(36)25(13,38)22(35)17(11)21(18)34/h8,11,13,32,34,36,38H,3-7,9-10H2,1-2H3,(H2,30,37)/t11?,13-,25-/m0/s1. The summed E-state index contributed by atoms with van der Waals surface area (Å²) in [6, 6.07) is 0.911. The van der Waals surface area contributed by atoms with E-state index in [0.717, 1.165) is 18.9 Å². The van der Waals surface area contributed by atoms with Crippen molar-refractivity contribution in [3.63, 3.8) is 0 Å². The van der Waals surface area contributed by atoms with Crippen LogP contribution in [-0.4, -0.2) is 62.0 Å². The van der Waals surface area contributed by atoms with Crippen LogP contribution in [0.3, 0.4) is 0 Å². The van der Waals surface area contributed by atoms with Crippen LogP contribution in [0.2, 0.25) is 0 Å². The van der Waals surface area contributed by atoms with Crippen LogP contribution in [0.5, 0.6) is 5.75 Å². The molecule has 0 spiro atoms. The predicted molar refractivity (Wildman–Crippen MR) is 128 cm³/mol. The molecule has 0 radical (unpaired) electrons. The largest absolute Gasteiger partial charge is 0.508 e. The van der Waals surface area contributed by atoms with Crippen molar-refractivity contribution in [1.82, 2.24) is 4.90 Å². The highest BCUT2D eigenvalue weighted by Gasteiger charge is 2.60. The van der Waals surface area contributed by atoms with Gasteiger partial charge in [0.05, 0.1) is 11.1 Å². The minimum absolute atomic E-state index is 0.123. The third-order valence-electron chi connectivity index (χ3n) is 7.77. The first-order valence-corrected chi connectivity index (χ1v) is 12.2. The molecule has 206 valence electrons. The van der Waals surface area contributed by atoms with Crippen LogP contribution in [-0.2, 0) is 33.5 Å². The van der Waals surface area contributed by atoms with Crippen molar-refractivity contribution in [1.29, 1.82) is 0 Å². The van der Waals surface area contributed by atoms with Gasteiger partial charge in [0.2, 0.25) is 5.78 Å². The number of benzene rings is 1. The molecule has 9 nitrogen and oxygen atoms in total. The number of primary amides is 1. The van der Waals surface area contributed by atoms with E-state index in [9.17, 15) is 48.0 Å². The first kappa shape index (κ1) is 27.6. The van der Waals surface area contributed by atoms with Gasteiger partial charge in [0.15, 0.2) is 11.4 Å². The molecule has 38 heavy (non-hydrogen) atoms. The Bertz CT molecular complexity index is 1300. The van der Waals surface area contributed by atoms with E-state index in [1.165, 1.54) is 0 Å². The Kier molecular flexibility index (Phi) is 6.86. The van der Waals surface area contributed by atoms with Gasteiger partial charge in [-0.15, -0.1) is 0 Å². The highest BCUT2D eigenvalue weighted by atomic mass is 19.4. The van der Waals surface area contributed by atoms with Crippen LogP contribution in [0.4, 0.5) is 13.2 Å². The molecule has 3 aliphatic rings.